The predicted octanol–water partition coefficient (Wildman–Crippen LogP) is 3.30. The molecular formula is C13H14ClFN2OS. The first-order valence-electron chi connectivity index (χ1n) is 5.68. The molecule has 0 amide bonds. The van der Waals surface area contributed by atoms with Crippen LogP contribution < -0.4 is 16.0 Å². The Balaban J connectivity index is 2.31. The smallest absolute Gasteiger partial charge is 0.131 e. The fourth-order valence-electron chi connectivity index (χ4n) is 1.94. The van der Waals surface area contributed by atoms with Gasteiger partial charge in [-0.25, -0.2) is 4.39 Å². The van der Waals surface area contributed by atoms with Crippen LogP contribution in [-0.4, -0.2) is 7.11 Å². The summed E-state index contributed by atoms with van der Waals surface area (Å²) in [6.07, 6.45) is 0.547. The van der Waals surface area contributed by atoms with E-state index < -0.39 is 0 Å². The number of hydrogen-bond acceptors (Lipinski definition) is 4. The van der Waals surface area contributed by atoms with E-state index in [4.69, 9.17) is 22.2 Å². The van der Waals surface area contributed by atoms with Crippen molar-refractivity contribution in [2.45, 2.75) is 12.5 Å². The molecule has 0 saturated heterocycles. The zero-order valence-corrected chi connectivity index (χ0v) is 11.9. The van der Waals surface area contributed by atoms with Gasteiger partial charge in [-0.15, -0.1) is 11.3 Å². The van der Waals surface area contributed by atoms with Gasteiger partial charge in [-0.1, -0.05) is 17.7 Å². The second-order valence-corrected chi connectivity index (χ2v) is 5.78. The number of rotatable bonds is 5. The van der Waals surface area contributed by atoms with Crippen molar-refractivity contribution in [3.05, 3.63) is 50.9 Å². The van der Waals surface area contributed by atoms with Crippen LogP contribution in [0.25, 0.3) is 0 Å². The highest BCUT2D eigenvalue weighted by molar-refractivity contribution is 7.16. The van der Waals surface area contributed by atoms with E-state index in [-0.39, 0.29) is 11.9 Å². The fourth-order valence-corrected chi connectivity index (χ4v) is 3.07. The summed E-state index contributed by atoms with van der Waals surface area (Å²) in [4.78, 5) is 1.03. The lowest BCUT2D eigenvalue weighted by Gasteiger charge is -2.19. The van der Waals surface area contributed by atoms with Gasteiger partial charge in [-0.2, -0.15) is 0 Å². The summed E-state index contributed by atoms with van der Waals surface area (Å²) in [5.41, 5.74) is 3.06. The molecule has 0 aliphatic heterocycles. The van der Waals surface area contributed by atoms with E-state index in [1.165, 1.54) is 24.5 Å². The average molecular weight is 301 g/mol. The Labute approximate surface area is 120 Å². The standard InChI is InChI=1S/C13H14ClFN2OS/c1-18-11-4-2-3-9(15)13(11)10(17-16)7-8-5-6-12(14)19-8/h2-6,10,17H,7,16H2,1H3. The second-order valence-electron chi connectivity index (χ2n) is 3.98. The largest absolute Gasteiger partial charge is 0.496 e. The van der Waals surface area contributed by atoms with E-state index in [0.717, 1.165) is 4.88 Å². The molecule has 2 rings (SSSR count). The first-order valence-corrected chi connectivity index (χ1v) is 6.88. The lowest BCUT2D eigenvalue weighted by molar-refractivity contribution is 0.390. The molecule has 6 heteroatoms. The lowest BCUT2D eigenvalue weighted by Crippen LogP contribution is -2.30. The van der Waals surface area contributed by atoms with Crippen molar-refractivity contribution in [1.82, 2.24) is 5.43 Å². The van der Waals surface area contributed by atoms with Crippen molar-refractivity contribution in [1.29, 1.82) is 0 Å². The van der Waals surface area contributed by atoms with Crippen molar-refractivity contribution in [2.24, 2.45) is 5.84 Å². The van der Waals surface area contributed by atoms with E-state index in [2.05, 4.69) is 5.43 Å². The van der Waals surface area contributed by atoms with Crippen LogP contribution in [0.4, 0.5) is 4.39 Å². The molecule has 0 radical (unpaired) electrons. The highest BCUT2D eigenvalue weighted by Crippen LogP contribution is 2.32. The molecule has 1 heterocycles. The van der Waals surface area contributed by atoms with Gasteiger partial charge in [-0.3, -0.25) is 11.3 Å². The number of nitrogens with two attached hydrogens (primary N) is 1. The number of thiophene rings is 1. The summed E-state index contributed by atoms with van der Waals surface area (Å²) < 4.78 is 19.9. The van der Waals surface area contributed by atoms with Gasteiger partial charge in [-0.05, 0) is 24.3 Å². The third-order valence-corrected chi connectivity index (χ3v) is 4.07. The highest BCUT2D eigenvalue weighted by atomic mass is 35.5. The van der Waals surface area contributed by atoms with E-state index in [1.807, 2.05) is 12.1 Å². The molecule has 0 fully saturated rings. The Hall–Kier alpha value is -1.14. The maximum atomic E-state index is 14.0. The van der Waals surface area contributed by atoms with Crippen LogP contribution in [0.5, 0.6) is 5.75 Å². The van der Waals surface area contributed by atoms with Gasteiger partial charge in [0.2, 0.25) is 0 Å². The van der Waals surface area contributed by atoms with Crippen LogP contribution in [0.2, 0.25) is 4.34 Å². The molecule has 0 aliphatic carbocycles. The van der Waals surface area contributed by atoms with Gasteiger partial charge in [0.25, 0.3) is 0 Å². The number of hydrogen-bond donors (Lipinski definition) is 2. The summed E-state index contributed by atoms with van der Waals surface area (Å²) in [7, 11) is 1.51. The van der Waals surface area contributed by atoms with Crippen molar-refractivity contribution < 1.29 is 9.13 Å². The number of halogens is 2. The molecule has 1 aromatic carbocycles. The number of ether oxygens (including phenoxy) is 1. The predicted molar refractivity (Wildman–Crippen MR) is 76.0 cm³/mol. The molecule has 1 unspecified atom stereocenters. The van der Waals surface area contributed by atoms with Gasteiger partial charge in [0, 0.05) is 16.9 Å². The Morgan fingerprint density at radius 3 is 2.79 bits per heavy atom. The lowest BCUT2D eigenvalue weighted by atomic mass is 10.0. The van der Waals surface area contributed by atoms with Crippen LogP contribution in [0.3, 0.4) is 0 Å². The summed E-state index contributed by atoms with van der Waals surface area (Å²) in [6.45, 7) is 0. The molecule has 0 aliphatic rings. The molecule has 2 aromatic rings. The number of nitrogens with one attached hydrogen (secondary N) is 1. The van der Waals surface area contributed by atoms with Gasteiger partial charge >= 0.3 is 0 Å². The van der Waals surface area contributed by atoms with Gasteiger partial charge in [0.15, 0.2) is 0 Å². The molecule has 102 valence electrons. The Bertz CT molecular complexity index is 561. The van der Waals surface area contributed by atoms with Crippen LogP contribution in [-0.2, 0) is 6.42 Å². The Morgan fingerprint density at radius 2 is 2.21 bits per heavy atom. The van der Waals surface area contributed by atoms with Crippen molar-refractivity contribution in [2.75, 3.05) is 7.11 Å². The van der Waals surface area contributed by atoms with E-state index in [1.54, 1.807) is 12.1 Å². The number of methoxy groups -OCH3 is 1. The van der Waals surface area contributed by atoms with Crippen molar-refractivity contribution in [3.8, 4) is 5.75 Å². The third-order valence-electron chi connectivity index (χ3n) is 2.82. The van der Waals surface area contributed by atoms with Crippen LogP contribution >= 0.6 is 22.9 Å². The molecule has 0 saturated carbocycles. The monoisotopic (exact) mass is 300 g/mol. The first kappa shape index (κ1) is 14.3. The summed E-state index contributed by atoms with van der Waals surface area (Å²) in [5.74, 6) is 5.69. The van der Waals surface area contributed by atoms with Crippen LogP contribution in [0.1, 0.15) is 16.5 Å². The molecule has 3 N–H and O–H groups in total. The maximum absolute atomic E-state index is 14.0. The third kappa shape index (κ3) is 3.25. The van der Waals surface area contributed by atoms with E-state index in [0.29, 0.717) is 22.1 Å². The normalized spacial score (nSPS) is 12.4. The topological polar surface area (TPSA) is 47.3 Å². The number of hydrazine groups is 1. The minimum absolute atomic E-state index is 0.343. The summed E-state index contributed by atoms with van der Waals surface area (Å²) >= 11 is 7.34. The quantitative estimate of drug-likeness (QED) is 0.658. The molecule has 0 bridgehead atoms. The summed E-state index contributed by atoms with van der Waals surface area (Å²) in [6, 6.07) is 8.06. The summed E-state index contributed by atoms with van der Waals surface area (Å²) in [5, 5.41) is 0. The van der Waals surface area contributed by atoms with E-state index >= 15 is 0 Å². The average Bonchev–Trinajstić information content (AvgIpc) is 2.81. The van der Waals surface area contributed by atoms with Crippen molar-refractivity contribution in [3.63, 3.8) is 0 Å². The van der Waals surface area contributed by atoms with Crippen LogP contribution in [0.15, 0.2) is 30.3 Å². The van der Waals surface area contributed by atoms with Crippen molar-refractivity contribution >= 4 is 22.9 Å². The van der Waals surface area contributed by atoms with Gasteiger partial charge in [0.1, 0.15) is 11.6 Å². The zero-order chi connectivity index (χ0) is 13.8. The zero-order valence-electron chi connectivity index (χ0n) is 10.3. The minimum atomic E-state index is -0.370. The Morgan fingerprint density at radius 1 is 1.42 bits per heavy atom. The fraction of sp³-hybridized carbons (Fsp3) is 0.231. The highest BCUT2D eigenvalue weighted by Gasteiger charge is 2.20. The van der Waals surface area contributed by atoms with Crippen LogP contribution in [0, 0.1) is 5.82 Å². The first-order chi connectivity index (χ1) is 9.15. The minimum Gasteiger partial charge on any atom is -0.496 e. The van der Waals surface area contributed by atoms with E-state index in [9.17, 15) is 4.39 Å². The molecule has 1 atom stereocenters. The Kier molecular flexibility index (Phi) is 4.76. The molecule has 3 nitrogen and oxygen atoms in total. The van der Waals surface area contributed by atoms with Gasteiger partial charge < -0.3 is 4.74 Å². The maximum Gasteiger partial charge on any atom is 0.131 e. The number of benzene rings is 1. The molecule has 19 heavy (non-hydrogen) atoms. The molecule has 1 aromatic heterocycles. The SMILES string of the molecule is COc1cccc(F)c1C(Cc1ccc(Cl)s1)NN. The second kappa shape index (κ2) is 6.34. The molecular weight excluding hydrogens is 287 g/mol. The molecule has 0 spiro atoms. The van der Waals surface area contributed by atoms with Gasteiger partial charge in [0.05, 0.1) is 17.5 Å².